The van der Waals surface area contributed by atoms with E-state index in [1.807, 2.05) is 124 Å². The third-order valence-electron chi connectivity index (χ3n) is 6.91. The first kappa shape index (κ1) is 66.2. The zero-order valence-electron chi connectivity index (χ0n) is 38.5. The van der Waals surface area contributed by atoms with E-state index in [-0.39, 0.29) is 58.5 Å². The van der Waals surface area contributed by atoms with Crippen molar-refractivity contribution in [1.29, 1.82) is 0 Å². The van der Waals surface area contributed by atoms with Gasteiger partial charge in [-0.3, -0.25) is 19.2 Å². The largest absolute Gasteiger partial charge is 0.632 e. The van der Waals surface area contributed by atoms with Crippen molar-refractivity contribution in [3.8, 4) is 0 Å². The second kappa shape index (κ2) is 37.3. The van der Waals surface area contributed by atoms with Gasteiger partial charge in [-0.05, 0) is 59.9 Å². The van der Waals surface area contributed by atoms with Gasteiger partial charge < -0.3 is 48.2 Å². The number of hydrogen-bond donors (Lipinski definition) is 0. The third-order valence-corrected chi connectivity index (χ3v) is 6.91. The van der Waals surface area contributed by atoms with Crippen LogP contribution in [0.4, 0.5) is 0 Å². The van der Waals surface area contributed by atoms with Crippen LogP contribution < -0.4 is 0 Å². The minimum Gasteiger partial charge on any atom is -0.632 e. The Morgan fingerprint density at radius 1 is 0.574 bits per heavy atom. The van der Waals surface area contributed by atoms with E-state index in [2.05, 4.69) is 32.5 Å². The molecule has 0 heterocycles. The van der Waals surface area contributed by atoms with Crippen molar-refractivity contribution < 1.29 is 62.5 Å². The Labute approximate surface area is 332 Å². The quantitative estimate of drug-likeness (QED) is 0.0642. The Hall–Kier alpha value is -2.62. The van der Waals surface area contributed by atoms with Crippen molar-refractivity contribution in [2.24, 2.45) is 23.7 Å². The molecule has 0 aliphatic rings. The van der Waals surface area contributed by atoms with Crippen LogP contribution in [-0.4, -0.2) is 164 Å². The molecule has 0 radical (unpaired) electrons. The van der Waals surface area contributed by atoms with Crippen molar-refractivity contribution >= 4 is 23.9 Å². The van der Waals surface area contributed by atoms with Crippen LogP contribution in [0.5, 0.6) is 0 Å². The maximum atomic E-state index is 11.2. The third kappa shape index (κ3) is 56.1. The van der Waals surface area contributed by atoms with Crippen LogP contribution in [0.15, 0.2) is 12.8 Å². The molecule has 0 amide bonds. The highest BCUT2D eigenvalue weighted by atomic mass is 16.5. The highest BCUT2D eigenvalue weighted by molar-refractivity contribution is 5.73. The van der Waals surface area contributed by atoms with Gasteiger partial charge in [-0.15, -0.1) is 13.2 Å². The van der Waals surface area contributed by atoms with Gasteiger partial charge in [-0.25, -0.2) is 0 Å². The lowest BCUT2D eigenvalue weighted by Crippen LogP contribution is -2.38. The van der Waals surface area contributed by atoms with E-state index in [0.717, 1.165) is 65.0 Å². The predicted molar refractivity (Wildman–Crippen MR) is 221 cm³/mol. The SMILES string of the molecule is C=COC(=O)[C@H](C)CC.CC[C@@H](C)C(=O)OCC[N+](C)(C)C.CC[C@@H](C)C(=O)O[CH-]C[N+](C)(C)C.CC[C@@H](C)C(=O)O[CH-]C[N+](C)(C)C.CN(C)C.O.O. The molecule has 4 atom stereocenters. The zero-order chi connectivity index (χ0) is 42.3. The Morgan fingerprint density at radius 3 is 1.09 bits per heavy atom. The number of rotatable bonds is 18. The highest BCUT2D eigenvalue weighted by Crippen LogP contribution is 2.07. The van der Waals surface area contributed by atoms with Crippen LogP contribution in [0.25, 0.3) is 0 Å². The molecule has 0 saturated heterocycles. The lowest BCUT2D eigenvalue weighted by Gasteiger charge is -2.30. The molecule has 4 N–H and O–H groups in total. The summed E-state index contributed by atoms with van der Waals surface area (Å²) in [5, 5.41) is 0. The highest BCUT2D eigenvalue weighted by Gasteiger charge is 2.14. The minimum absolute atomic E-state index is 0. The van der Waals surface area contributed by atoms with Gasteiger partial charge in [0.25, 0.3) is 11.9 Å². The number of hydrogen-bond acceptors (Lipinski definition) is 9. The maximum absolute atomic E-state index is 11.2. The summed E-state index contributed by atoms with van der Waals surface area (Å²) in [5.74, 6) is -0.502. The van der Waals surface area contributed by atoms with Crippen molar-refractivity contribution in [1.82, 2.24) is 4.90 Å². The summed E-state index contributed by atoms with van der Waals surface area (Å²) in [6.45, 7) is 24.7. The fraction of sp³-hybridized carbons (Fsp3) is 0.800. The summed E-state index contributed by atoms with van der Waals surface area (Å²) in [7, 11) is 24.5. The second-order valence-electron chi connectivity index (χ2n) is 16.5. The average molecular weight is 786 g/mol. The number of esters is 4. The zero-order valence-corrected chi connectivity index (χ0v) is 38.5. The van der Waals surface area contributed by atoms with Gasteiger partial charge in [0.1, 0.15) is 13.2 Å². The summed E-state index contributed by atoms with van der Waals surface area (Å²) < 4.78 is 22.0. The molecule has 0 aliphatic heterocycles. The second-order valence-corrected chi connectivity index (χ2v) is 16.5. The van der Waals surface area contributed by atoms with E-state index in [4.69, 9.17) is 14.2 Å². The van der Waals surface area contributed by atoms with Gasteiger partial charge in [0, 0.05) is 0 Å². The molecule has 0 bridgehead atoms. The number of ether oxygens (including phenoxy) is 4. The monoisotopic (exact) mass is 786 g/mol. The molecule has 0 rings (SSSR count). The maximum Gasteiger partial charge on any atom is 0.313 e. The van der Waals surface area contributed by atoms with E-state index in [1.54, 1.807) is 13.2 Å². The molecule has 0 fully saturated rings. The van der Waals surface area contributed by atoms with E-state index in [0.29, 0.717) is 6.61 Å². The van der Waals surface area contributed by atoms with Crippen molar-refractivity contribution in [2.45, 2.75) is 81.1 Å². The summed E-state index contributed by atoms with van der Waals surface area (Å²) in [4.78, 5) is 46.3. The Balaban J connectivity index is -0.000000105. The van der Waals surface area contributed by atoms with Crippen LogP contribution >= 0.6 is 0 Å². The van der Waals surface area contributed by atoms with E-state index < -0.39 is 0 Å². The lowest BCUT2D eigenvalue weighted by atomic mass is 10.1. The Morgan fingerprint density at radius 2 is 0.852 bits per heavy atom. The predicted octanol–water partition coefficient (Wildman–Crippen LogP) is 4.42. The first-order valence-corrected chi connectivity index (χ1v) is 18.6. The molecule has 54 heavy (non-hydrogen) atoms. The molecule has 0 aromatic heterocycles. The summed E-state index contributed by atoms with van der Waals surface area (Å²) >= 11 is 0. The molecular formula is C40H89N4O10+. The van der Waals surface area contributed by atoms with Crippen LogP contribution in [0.3, 0.4) is 0 Å². The summed E-state index contributed by atoms with van der Waals surface area (Å²) in [5.41, 5.74) is 0. The Bertz CT molecular complexity index is 834. The average Bonchev–Trinajstić information content (AvgIpc) is 3.01. The number of likely N-dealkylation sites (N-methyl/N-ethyl adjacent to an activating group) is 3. The van der Waals surface area contributed by atoms with Gasteiger partial charge >= 0.3 is 11.9 Å². The summed E-state index contributed by atoms with van der Waals surface area (Å²) in [6, 6.07) is 0. The van der Waals surface area contributed by atoms with Crippen LogP contribution in [-0.2, 0) is 38.1 Å². The van der Waals surface area contributed by atoms with Crippen LogP contribution in [0, 0.1) is 36.9 Å². The van der Waals surface area contributed by atoms with E-state index in [9.17, 15) is 19.2 Å². The van der Waals surface area contributed by atoms with Gasteiger partial charge in [0.15, 0.2) is 0 Å². The minimum atomic E-state index is -0.201. The smallest absolute Gasteiger partial charge is 0.313 e. The van der Waals surface area contributed by atoms with E-state index in [1.165, 1.54) is 0 Å². The molecule has 14 heteroatoms. The standard InChI is InChI=1S/C10H22NO2.2C10H21NO2.C7H12O2.C3H9N.2H2O/c3*1-6-9(2)10(12)13-8-7-11(3,4)5;1-4-6(3)7(8)9-5-2;1-4(2)3;;/h9H,6-8H2,1-5H3;2*8-9H,6-7H2,1-5H3;5-6H,2,4H2,1,3H3;1-3H3;2*1H2/q+1;;;;;;/t3*9-;6-;;;/m1111.../s1. The number of carbonyl (C=O) groups is 4. The van der Waals surface area contributed by atoms with Crippen molar-refractivity contribution in [2.75, 3.05) is 111 Å². The molecule has 0 spiro atoms. The van der Waals surface area contributed by atoms with Gasteiger partial charge in [-0.2, -0.15) is 0 Å². The molecular weight excluding hydrogens is 696 g/mol. The summed E-state index contributed by atoms with van der Waals surface area (Å²) in [6.07, 6.45) is 4.48. The molecule has 0 saturated carbocycles. The first-order chi connectivity index (χ1) is 23.5. The molecule has 0 aromatic rings. The van der Waals surface area contributed by atoms with E-state index >= 15 is 0 Å². The molecule has 0 aliphatic carbocycles. The number of quaternary nitrogens is 3. The topological polar surface area (TPSA) is 171 Å². The van der Waals surface area contributed by atoms with Gasteiger partial charge in [-0.1, -0.05) is 62.0 Å². The number of nitrogens with zero attached hydrogens (tertiary/aromatic N) is 4. The van der Waals surface area contributed by atoms with Crippen LogP contribution in [0.1, 0.15) is 81.1 Å². The Kier molecular flexibility index (Phi) is 45.7. The molecule has 328 valence electrons. The first-order valence-electron chi connectivity index (χ1n) is 18.6. The van der Waals surface area contributed by atoms with Crippen molar-refractivity contribution in [3.05, 3.63) is 26.1 Å². The normalized spacial score (nSPS) is 12.8. The lowest BCUT2D eigenvalue weighted by molar-refractivity contribution is -0.870. The molecule has 0 aromatic carbocycles. The molecule has 0 unspecified atom stereocenters. The fourth-order valence-electron chi connectivity index (χ4n) is 2.35. The number of carbonyl (C=O) groups excluding carboxylic acids is 4. The molecule has 14 nitrogen and oxygen atoms in total. The fourth-order valence-corrected chi connectivity index (χ4v) is 2.35. The van der Waals surface area contributed by atoms with Gasteiger partial charge in [0.2, 0.25) is 0 Å². The van der Waals surface area contributed by atoms with Crippen molar-refractivity contribution in [3.63, 3.8) is 0 Å². The van der Waals surface area contributed by atoms with Crippen LogP contribution in [0.2, 0.25) is 0 Å². The van der Waals surface area contributed by atoms with Gasteiger partial charge in [0.05, 0.1) is 93.4 Å².